The average Bonchev–Trinajstić information content (AvgIpc) is 2.72. The number of oxazole rings is 1. The van der Waals surface area contributed by atoms with E-state index in [1.165, 1.54) is 6.07 Å². The second kappa shape index (κ2) is 5.70. The predicted octanol–water partition coefficient (Wildman–Crippen LogP) is 3.11. The molecule has 110 valence electrons. The summed E-state index contributed by atoms with van der Waals surface area (Å²) in [6, 6.07) is 3.73. The molecule has 2 aromatic rings. The summed E-state index contributed by atoms with van der Waals surface area (Å²) in [6.45, 7) is 2.36. The molecule has 7 heteroatoms. The number of aromatic amines is 1. The molecular weight excluding hydrogens is 273 g/mol. The van der Waals surface area contributed by atoms with Crippen molar-refractivity contribution in [3.05, 3.63) is 34.3 Å². The number of hydrogen-bond acceptors (Lipinski definition) is 3. The first-order chi connectivity index (χ1) is 9.39. The monoisotopic (exact) mass is 288 g/mol. The van der Waals surface area contributed by atoms with E-state index in [0.717, 1.165) is 6.42 Å². The van der Waals surface area contributed by atoms with Crippen LogP contribution in [0.5, 0.6) is 0 Å². The molecule has 2 N–H and O–H groups in total. The highest BCUT2D eigenvalue weighted by atomic mass is 19.4. The fourth-order valence-electron chi connectivity index (χ4n) is 2.04. The van der Waals surface area contributed by atoms with Gasteiger partial charge in [0.25, 0.3) is 0 Å². The van der Waals surface area contributed by atoms with Crippen molar-refractivity contribution in [2.24, 2.45) is 0 Å². The molecule has 0 saturated carbocycles. The lowest BCUT2D eigenvalue weighted by atomic mass is 10.0. The van der Waals surface area contributed by atoms with Gasteiger partial charge in [-0.3, -0.25) is 4.98 Å². The maximum Gasteiger partial charge on any atom is 0.417 e. The van der Waals surface area contributed by atoms with Crippen LogP contribution in [0.25, 0.3) is 11.1 Å². The zero-order valence-corrected chi connectivity index (χ0v) is 10.9. The first-order valence-electron chi connectivity index (χ1n) is 6.32. The third-order valence-corrected chi connectivity index (χ3v) is 2.92. The molecule has 1 aromatic carbocycles. The van der Waals surface area contributed by atoms with E-state index in [4.69, 9.17) is 4.42 Å². The van der Waals surface area contributed by atoms with Crippen LogP contribution in [0.4, 0.5) is 13.2 Å². The summed E-state index contributed by atoms with van der Waals surface area (Å²) < 4.78 is 42.7. The summed E-state index contributed by atoms with van der Waals surface area (Å²) >= 11 is 0. The van der Waals surface area contributed by atoms with E-state index in [0.29, 0.717) is 17.6 Å². The molecule has 4 nitrogen and oxygen atoms in total. The highest BCUT2D eigenvalue weighted by molar-refractivity contribution is 5.72. The van der Waals surface area contributed by atoms with Crippen molar-refractivity contribution in [1.29, 1.82) is 0 Å². The molecule has 2 rings (SSSR count). The normalized spacial score (nSPS) is 13.8. The Bertz CT molecular complexity index is 630. The smallest absolute Gasteiger partial charge is 0.408 e. The minimum Gasteiger partial charge on any atom is -0.408 e. The summed E-state index contributed by atoms with van der Waals surface area (Å²) in [6.07, 6.45) is -4.50. The molecule has 0 spiro atoms. The van der Waals surface area contributed by atoms with Crippen molar-refractivity contribution in [2.45, 2.75) is 32.0 Å². The van der Waals surface area contributed by atoms with Crippen molar-refractivity contribution in [2.75, 3.05) is 6.54 Å². The lowest BCUT2D eigenvalue weighted by Gasteiger charge is -2.20. The molecule has 1 unspecified atom stereocenters. The molecule has 20 heavy (non-hydrogen) atoms. The lowest BCUT2D eigenvalue weighted by Crippen LogP contribution is -2.27. The molecule has 0 aliphatic carbocycles. The largest absolute Gasteiger partial charge is 0.417 e. The van der Waals surface area contributed by atoms with Gasteiger partial charge in [0.2, 0.25) is 0 Å². The van der Waals surface area contributed by atoms with Crippen LogP contribution in [0.1, 0.15) is 31.4 Å². The summed E-state index contributed by atoms with van der Waals surface area (Å²) in [5.74, 6) is -0.619. The molecule has 1 atom stereocenters. The number of H-pyrrole nitrogens is 1. The van der Waals surface area contributed by atoms with Gasteiger partial charge in [-0.2, -0.15) is 13.2 Å². The quantitative estimate of drug-likeness (QED) is 0.888. The summed E-state index contributed by atoms with van der Waals surface area (Å²) in [5.41, 5.74) is 1.18. The lowest BCUT2D eigenvalue weighted by molar-refractivity contribution is -0.140. The highest BCUT2D eigenvalue weighted by Gasteiger charge is 2.32. The highest BCUT2D eigenvalue weighted by Crippen LogP contribution is 2.30. The number of fused-ring (bicyclic) bond motifs is 1. The van der Waals surface area contributed by atoms with Gasteiger partial charge in [-0.15, -0.1) is 0 Å². The second-order valence-electron chi connectivity index (χ2n) is 4.60. The molecule has 0 aliphatic rings. The Morgan fingerprint density at radius 3 is 2.80 bits per heavy atom. The molecule has 0 fully saturated rings. The van der Waals surface area contributed by atoms with E-state index in [-0.39, 0.29) is 5.58 Å². The molecular formula is C13H15F3N2O2. The Kier molecular flexibility index (Phi) is 4.17. The van der Waals surface area contributed by atoms with Crippen LogP contribution in [-0.4, -0.2) is 17.7 Å². The van der Waals surface area contributed by atoms with Gasteiger partial charge in [-0.25, -0.2) is 4.79 Å². The van der Waals surface area contributed by atoms with Gasteiger partial charge >= 0.3 is 11.9 Å². The van der Waals surface area contributed by atoms with Crippen molar-refractivity contribution in [1.82, 2.24) is 10.3 Å². The standard InChI is InChI=1S/C13H15F3N2O2/c1-2-5-17-10(7-13(14,15)16)8-3-4-9-11(6-8)20-12(19)18-9/h3-4,6,10,17H,2,5,7H2,1H3,(H,18,19). The van der Waals surface area contributed by atoms with Gasteiger partial charge in [0.1, 0.15) is 0 Å². The van der Waals surface area contributed by atoms with Crippen LogP contribution in [-0.2, 0) is 0 Å². The second-order valence-corrected chi connectivity index (χ2v) is 4.60. The van der Waals surface area contributed by atoms with Crippen LogP contribution in [0.3, 0.4) is 0 Å². The van der Waals surface area contributed by atoms with E-state index >= 15 is 0 Å². The number of aromatic nitrogens is 1. The zero-order valence-electron chi connectivity index (χ0n) is 10.9. The number of rotatable bonds is 5. The summed E-state index contributed by atoms with van der Waals surface area (Å²) in [7, 11) is 0. The van der Waals surface area contributed by atoms with Crippen molar-refractivity contribution < 1.29 is 17.6 Å². The van der Waals surface area contributed by atoms with Gasteiger partial charge in [-0.05, 0) is 30.7 Å². The van der Waals surface area contributed by atoms with Crippen molar-refractivity contribution in [3.63, 3.8) is 0 Å². The van der Waals surface area contributed by atoms with E-state index in [1.54, 1.807) is 12.1 Å². The van der Waals surface area contributed by atoms with E-state index in [9.17, 15) is 18.0 Å². The summed E-state index contributed by atoms with van der Waals surface area (Å²) in [4.78, 5) is 13.5. The average molecular weight is 288 g/mol. The Labute approximate surface area is 113 Å². The van der Waals surface area contributed by atoms with Gasteiger partial charge in [0.15, 0.2) is 5.58 Å². The fraction of sp³-hybridized carbons (Fsp3) is 0.462. The minimum absolute atomic E-state index is 0.262. The Balaban J connectivity index is 2.31. The number of hydrogen-bond donors (Lipinski definition) is 2. The maximum absolute atomic E-state index is 12.6. The summed E-state index contributed by atoms with van der Waals surface area (Å²) in [5, 5.41) is 2.86. The Morgan fingerprint density at radius 1 is 1.40 bits per heavy atom. The first kappa shape index (κ1) is 14.6. The molecule has 0 amide bonds. The molecule has 0 saturated heterocycles. The maximum atomic E-state index is 12.6. The molecule has 1 heterocycles. The van der Waals surface area contributed by atoms with Crippen LogP contribution < -0.4 is 11.1 Å². The Hall–Kier alpha value is -1.76. The zero-order chi connectivity index (χ0) is 14.8. The van der Waals surface area contributed by atoms with Gasteiger partial charge < -0.3 is 9.73 Å². The number of halogens is 3. The van der Waals surface area contributed by atoms with Gasteiger partial charge in [-0.1, -0.05) is 13.0 Å². The molecule has 0 aliphatic heterocycles. The minimum atomic E-state index is -4.26. The van der Waals surface area contributed by atoms with E-state index < -0.39 is 24.4 Å². The molecule has 0 radical (unpaired) electrons. The third-order valence-electron chi connectivity index (χ3n) is 2.92. The van der Waals surface area contributed by atoms with Gasteiger partial charge in [0.05, 0.1) is 11.9 Å². The molecule has 1 aromatic heterocycles. The number of nitrogens with one attached hydrogen (secondary N) is 2. The SMILES string of the molecule is CCCNC(CC(F)(F)F)c1ccc2[nH]c(=O)oc2c1. The van der Waals surface area contributed by atoms with Crippen molar-refractivity contribution in [3.8, 4) is 0 Å². The number of alkyl halides is 3. The van der Waals surface area contributed by atoms with Gasteiger partial charge in [0, 0.05) is 6.04 Å². The fourth-order valence-corrected chi connectivity index (χ4v) is 2.04. The van der Waals surface area contributed by atoms with Crippen LogP contribution in [0.2, 0.25) is 0 Å². The van der Waals surface area contributed by atoms with Crippen LogP contribution in [0.15, 0.2) is 27.4 Å². The number of benzene rings is 1. The van der Waals surface area contributed by atoms with E-state index in [2.05, 4.69) is 10.3 Å². The van der Waals surface area contributed by atoms with E-state index in [1.807, 2.05) is 6.92 Å². The van der Waals surface area contributed by atoms with Crippen LogP contribution in [0, 0.1) is 0 Å². The predicted molar refractivity (Wildman–Crippen MR) is 68.5 cm³/mol. The topological polar surface area (TPSA) is 58.0 Å². The van der Waals surface area contributed by atoms with Crippen LogP contribution >= 0.6 is 0 Å². The third kappa shape index (κ3) is 3.63. The first-order valence-corrected chi connectivity index (χ1v) is 6.32. The molecule has 0 bridgehead atoms. The Morgan fingerprint density at radius 2 is 2.15 bits per heavy atom. The van der Waals surface area contributed by atoms with Crippen molar-refractivity contribution >= 4 is 11.1 Å².